The van der Waals surface area contributed by atoms with Crippen LogP contribution >= 0.6 is 27.7 Å². The molecule has 0 spiro atoms. The summed E-state index contributed by atoms with van der Waals surface area (Å²) in [6.45, 7) is 2.38. The molecular formula is C13H17BrN4OS. The van der Waals surface area contributed by atoms with Crippen LogP contribution in [0.4, 0.5) is 0 Å². The number of nitrogens with one attached hydrogen (secondary N) is 1. The Hall–Kier alpha value is -0.890. The van der Waals surface area contributed by atoms with E-state index in [4.69, 9.17) is 4.74 Å². The van der Waals surface area contributed by atoms with Crippen molar-refractivity contribution in [3.63, 3.8) is 0 Å². The summed E-state index contributed by atoms with van der Waals surface area (Å²) in [7, 11) is 3.59. The summed E-state index contributed by atoms with van der Waals surface area (Å²) in [5, 5.41) is 8.27. The topological polar surface area (TPSA) is 52.0 Å². The second-order valence-corrected chi connectivity index (χ2v) is 6.09. The highest BCUT2D eigenvalue weighted by Gasteiger charge is 2.06. The van der Waals surface area contributed by atoms with Crippen molar-refractivity contribution in [3.05, 3.63) is 34.6 Å². The molecule has 0 aliphatic rings. The number of rotatable bonds is 7. The molecule has 1 aromatic carbocycles. The molecule has 0 radical (unpaired) electrons. The van der Waals surface area contributed by atoms with Gasteiger partial charge in [-0.3, -0.25) is 0 Å². The van der Waals surface area contributed by atoms with Crippen LogP contribution in [0.1, 0.15) is 5.56 Å². The van der Waals surface area contributed by atoms with E-state index in [2.05, 4.69) is 49.5 Å². The van der Waals surface area contributed by atoms with Crippen LogP contribution in [0.2, 0.25) is 0 Å². The highest BCUT2D eigenvalue weighted by Crippen LogP contribution is 2.29. The SMILES string of the molecule is COCCNCc1ccc(Sc2ncnn2C)cc1Br. The van der Waals surface area contributed by atoms with Gasteiger partial charge in [0.15, 0.2) is 5.16 Å². The molecule has 0 saturated heterocycles. The minimum atomic E-state index is 0.720. The Morgan fingerprint density at radius 2 is 2.30 bits per heavy atom. The summed E-state index contributed by atoms with van der Waals surface area (Å²) in [6, 6.07) is 6.31. The maximum Gasteiger partial charge on any atom is 0.190 e. The van der Waals surface area contributed by atoms with Crippen LogP contribution < -0.4 is 5.32 Å². The first-order valence-electron chi connectivity index (χ1n) is 6.20. The standard InChI is InChI=1S/C13H17BrN4OS/c1-18-13(16-9-17-18)20-11-4-3-10(12(14)7-11)8-15-5-6-19-2/h3-4,7,9,15H,5-6,8H2,1-2H3. The molecule has 2 aromatic rings. The summed E-state index contributed by atoms with van der Waals surface area (Å²) in [5.41, 5.74) is 1.23. The molecule has 0 fully saturated rings. The molecule has 0 aliphatic carbocycles. The van der Waals surface area contributed by atoms with Crippen molar-refractivity contribution in [2.24, 2.45) is 7.05 Å². The lowest BCUT2D eigenvalue weighted by Crippen LogP contribution is -2.18. The van der Waals surface area contributed by atoms with Crippen molar-refractivity contribution in [2.45, 2.75) is 16.6 Å². The fourth-order valence-electron chi connectivity index (χ4n) is 1.62. The van der Waals surface area contributed by atoms with Crippen LogP contribution in [-0.4, -0.2) is 35.0 Å². The highest BCUT2D eigenvalue weighted by atomic mass is 79.9. The minimum Gasteiger partial charge on any atom is -0.383 e. The van der Waals surface area contributed by atoms with Gasteiger partial charge < -0.3 is 10.1 Å². The van der Waals surface area contributed by atoms with E-state index in [1.807, 2.05) is 7.05 Å². The third kappa shape index (κ3) is 4.31. The first-order valence-corrected chi connectivity index (χ1v) is 7.81. The van der Waals surface area contributed by atoms with Gasteiger partial charge in [-0.05, 0) is 17.7 Å². The molecule has 0 bridgehead atoms. The number of nitrogens with zero attached hydrogens (tertiary/aromatic N) is 3. The first kappa shape index (κ1) is 15.5. The van der Waals surface area contributed by atoms with E-state index in [1.165, 1.54) is 5.56 Å². The van der Waals surface area contributed by atoms with Gasteiger partial charge in [-0.15, -0.1) is 0 Å². The minimum absolute atomic E-state index is 0.720. The Morgan fingerprint density at radius 1 is 1.45 bits per heavy atom. The lowest BCUT2D eigenvalue weighted by atomic mass is 10.2. The zero-order valence-electron chi connectivity index (χ0n) is 11.5. The van der Waals surface area contributed by atoms with Crippen LogP contribution in [0.25, 0.3) is 0 Å². The Labute approximate surface area is 131 Å². The summed E-state index contributed by atoms with van der Waals surface area (Å²) >= 11 is 5.21. The number of methoxy groups -OCH3 is 1. The largest absolute Gasteiger partial charge is 0.383 e. The third-order valence-corrected chi connectivity index (χ3v) is 4.48. The van der Waals surface area contributed by atoms with Crippen LogP contribution in [-0.2, 0) is 18.3 Å². The highest BCUT2D eigenvalue weighted by molar-refractivity contribution is 9.10. The molecule has 108 valence electrons. The summed E-state index contributed by atoms with van der Waals surface area (Å²) in [4.78, 5) is 5.34. The van der Waals surface area contributed by atoms with Gasteiger partial charge in [0, 0.05) is 36.6 Å². The van der Waals surface area contributed by atoms with Crippen LogP contribution in [0.3, 0.4) is 0 Å². The van der Waals surface area contributed by atoms with Crippen molar-refractivity contribution >= 4 is 27.7 Å². The summed E-state index contributed by atoms with van der Waals surface area (Å²) in [6.07, 6.45) is 1.56. The zero-order chi connectivity index (χ0) is 14.4. The van der Waals surface area contributed by atoms with Crippen molar-refractivity contribution in [2.75, 3.05) is 20.3 Å². The van der Waals surface area contributed by atoms with E-state index in [-0.39, 0.29) is 0 Å². The maximum absolute atomic E-state index is 5.01. The first-order chi connectivity index (χ1) is 9.70. The maximum atomic E-state index is 5.01. The fourth-order valence-corrected chi connectivity index (χ4v) is 3.09. The number of benzene rings is 1. The number of hydrogen-bond donors (Lipinski definition) is 1. The molecule has 2 rings (SSSR count). The number of hydrogen-bond acceptors (Lipinski definition) is 5. The van der Waals surface area contributed by atoms with E-state index in [9.17, 15) is 0 Å². The van der Waals surface area contributed by atoms with E-state index in [0.717, 1.165) is 34.2 Å². The third-order valence-electron chi connectivity index (χ3n) is 2.70. The van der Waals surface area contributed by atoms with E-state index in [1.54, 1.807) is 29.9 Å². The molecule has 0 unspecified atom stereocenters. The molecular weight excluding hydrogens is 340 g/mol. The average Bonchev–Trinajstić information content (AvgIpc) is 2.82. The average molecular weight is 357 g/mol. The molecule has 5 nitrogen and oxygen atoms in total. The second kappa shape index (κ2) is 7.78. The van der Waals surface area contributed by atoms with Crippen LogP contribution in [0, 0.1) is 0 Å². The Bertz CT molecular complexity index is 561. The van der Waals surface area contributed by atoms with Gasteiger partial charge in [0.1, 0.15) is 6.33 Å². The van der Waals surface area contributed by atoms with Gasteiger partial charge in [0.25, 0.3) is 0 Å². The molecule has 1 N–H and O–H groups in total. The molecule has 7 heteroatoms. The molecule has 1 aromatic heterocycles. The monoisotopic (exact) mass is 356 g/mol. The van der Waals surface area contributed by atoms with Gasteiger partial charge in [-0.1, -0.05) is 33.8 Å². The van der Waals surface area contributed by atoms with Crippen LogP contribution in [0.5, 0.6) is 0 Å². The number of aryl methyl sites for hydroxylation is 1. The lowest BCUT2D eigenvalue weighted by Gasteiger charge is -2.08. The zero-order valence-corrected chi connectivity index (χ0v) is 13.9. The van der Waals surface area contributed by atoms with Gasteiger partial charge in [0.2, 0.25) is 0 Å². The predicted molar refractivity (Wildman–Crippen MR) is 82.9 cm³/mol. The Kier molecular flexibility index (Phi) is 6.03. The van der Waals surface area contributed by atoms with Crippen molar-refractivity contribution in [1.82, 2.24) is 20.1 Å². The fraction of sp³-hybridized carbons (Fsp3) is 0.385. The number of aromatic nitrogens is 3. The molecule has 1 heterocycles. The van der Waals surface area contributed by atoms with Crippen molar-refractivity contribution < 1.29 is 4.74 Å². The van der Waals surface area contributed by atoms with Gasteiger partial charge in [-0.2, -0.15) is 5.10 Å². The van der Waals surface area contributed by atoms with Crippen LogP contribution in [0.15, 0.2) is 39.1 Å². The molecule has 20 heavy (non-hydrogen) atoms. The summed E-state index contributed by atoms with van der Waals surface area (Å²) < 4.78 is 7.86. The number of ether oxygens (including phenoxy) is 1. The Balaban J connectivity index is 1.97. The molecule has 0 aliphatic heterocycles. The number of halogens is 1. The van der Waals surface area contributed by atoms with Gasteiger partial charge in [-0.25, -0.2) is 9.67 Å². The second-order valence-electron chi connectivity index (χ2n) is 4.19. The summed E-state index contributed by atoms with van der Waals surface area (Å²) in [5.74, 6) is 0. The van der Waals surface area contributed by atoms with E-state index >= 15 is 0 Å². The van der Waals surface area contributed by atoms with Gasteiger partial charge in [0.05, 0.1) is 6.61 Å². The molecule has 0 atom stereocenters. The lowest BCUT2D eigenvalue weighted by molar-refractivity contribution is 0.199. The van der Waals surface area contributed by atoms with Gasteiger partial charge >= 0.3 is 0 Å². The normalized spacial score (nSPS) is 10.9. The molecule has 0 saturated carbocycles. The van der Waals surface area contributed by atoms with Crippen molar-refractivity contribution in [1.29, 1.82) is 0 Å². The van der Waals surface area contributed by atoms with Crippen molar-refractivity contribution in [3.8, 4) is 0 Å². The van der Waals surface area contributed by atoms with E-state index in [0.29, 0.717) is 0 Å². The predicted octanol–water partition coefficient (Wildman–Crippen LogP) is 2.46. The Morgan fingerprint density at radius 3 is 2.95 bits per heavy atom. The quantitative estimate of drug-likeness (QED) is 0.772. The molecule has 0 amide bonds. The smallest absolute Gasteiger partial charge is 0.190 e. The van der Waals surface area contributed by atoms with E-state index < -0.39 is 0 Å².